The van der Waals surface area contributed by atoms with Crippen LogP contribution in [0.1, 0.15) is 13.8 Å². The van der Waals surface area contributed by atoms with Crippen LogP contribution in [0.5, 0.6) is 0 Å². The summed E-state index contributed by atoms with van der Waals surface area (Å²) in [5.74, 6) is -1.22. The largest absolute Gasteiger partial charge is 0.389 e. The van der Waals surface area contributed by atoms with Crippen LogP contribution < -0.4 is 0 Å². The van der Waals surface area contributed by atoms with E-state index < -0.39 is 18.2 Å². The van der Waals surface area contributed by atoms with Gasteiger partial charge in [-0.05, 0) is 19.9 Å². The van der Waals surface area contributed by atoms with Crippen LogP contribution >= 0.6 is 0 Å². The maximum absolute atomic E-state index is 12.5. The fourth-order valence-corrected chi connectivity index (χ4v) is 1.05. The molecule has 0 aliphatic carbocycles. The van der Waals surface area contributed by atoms with Gasteiger partial charge in [0.2, 0.25) is 0 Å². The Labute approximate surface area is 70.8 Å². The summed E-state index contributed by atoms with van der Waals surface area (Å²) in [5.41, 5.74) is 0. The maximum Gasteiger partial charge on any atom is 0.163 e. The summed E-state index contributed by atoms with van der Waals surface area (Å²) in [7, 11) is 0. The van der Waals surface area contributed by atoms with E-state index in [2.05, 4.69) is 0 Å². The Kier molecular flexibility index (Phi) is 2.82. The number of aliphatic hydroxyl groups is 1. The van der Waals surface area contributed by atoms with E-state index in [4.69, 9.17) is 14.6 Å². The summed E-state index contributed by atoms with van der Waals surface area (Å²) < 4.78 is 23.0. The van der Waals surface area contributed by atoms with Gasteiger partial charge in [-0.1, -0.05) is 0 Å². The molecular formula is C8H13FO3. The van der Waals surface area contributed by atoms with Crippen LogP contribution in [0.2, 0.25) is 0 Å². The molecule has 3 nitrogen and oxygen atoms in total. The summed E-state index contributed by atoms with van der Waals surface area (Å²) in [6, 6.07) is 0. The number of ether oxygens (including phenoxy) is 2. The van der Waals surface area contributed by atoms with Gasteiger partial charge < -0.3 is 14.6 Å². The highest BCUT2D eigenvalue weighted by Gasteiger charge is 2.31. The number of hydrogen-bond donors (Lipinski definition) is 1. The zero-order chi connectivity index (χ0) is 9.19. The third-order valence-electron chi connectivity index (χ3n) is 1.55. The molecule has 1 rings (SSSR count). The second kappa shape index (κ2) is 3.51. The highest BCUT2D eigenvalue weighted by Crippen LogP contribution is 2.23. The lowest BCUT2D eigenvalue weighted by atomic mass is 10.3. The zero-order valence-corrected chi connectivity index (χ0v) is 7.21. The van der Waals surface area contributed by atoms with E-state index in [1.54, 1.807) is 13.8 Å². The molecule has 1 saturated heterocycles. The van der Waals surface area contributed by atoms with Crippen LogP contribution in [0.15, 0.2) is 11.9 Å². The maximum atomic E-state index is 12.5. The lowest BCUT2D eigenvalue weighted by Crippen LogP contribution is -2.20. The molecule has 0 aromatic heterocycles. The first-order valence-corrected chi connectivity index (χ1v) is 3.82. The Morgan fingerprint density at radius 3 is 2.83 bits per heavy atom. The number of aliphatic hydroxyl groups excluding tert-OH is 1. The van der Waals surface area contributed by atoms with Crippen molar-refractivity contribution >= 4 is 0 Å². The SMILES string of the molecule is CC1(C)OCC(/C=C(/F)CO)O1. The molecule has 0 aromatic rings. The smallest absolute Gasteiger partial charge is 0.163 e. The molecule has 0 radical (unpaired) electrons. The monoisotopic (exact) mass is 176 g/mol. The first-order valence-electron chi connectivity index (χ1n) is 3.82. The summed E-state index contributed by atoms with van der Waals surface area (Å²) in [4.78, 5) is 0. The topological polar surface area (TPSA) is 38.7 Å². The van der Waals surface area contributed by atoms with Crippen molar-refractivity contribution in [3.8, 4) is 0 Å². The van der Waals surface area contributed by atoms with E-state index in [1.165, 1.54) is 6.08 Å². The summed E-state index contributed by atoms with van der Waals surface area (Å²) >= 11 is 0. The van der Waals surface area contributed by atoms with Gasteiger partial charge in [-0.25, -0.2) is 4.39 Å². The van der Waals surface area contributed by atoms with E-state index in [0.29, 0.717) is 6.61 Å². The molecule has 70 valence electrons. The molecule has 1 N–H and O–H groups in total. The number of rotatable bonds is 2. The average Bonchev–Trinajstić information content (AvgIpc) is 2.30. The van der Waals surface area contributed by atoms with Crippen LogP contribution in [-0.4, -0.2) is 30.2 Å². The number of halogens is 1. The summed E-state index contributed by atoms with van der Waals surface area (Å²) in [6.45, 7) is 3.27. The van der Waals surface area contributed by atoms with Crippen LogP contribution in [0, 0.1) is 0 Å². The van der Waals surface area contributed by atoms with Crippen molar-refractivity contribution in [3.05, 3.63) is 11.9 Å². The lowest BCUT2D eigenvalue weighted by molar-refractivity contribution is -0.133. The minimum absolute atomic E-state index is 0.334. The van der Waals surface area contributed by atoms with Crippen molar-refractivity contribution in [1.82, 2.24) is 0 Å². The Morgan fingerprint density at radius 2 is 2.42 bits per heavy atom. The highest BCUT2D eigenvalue weighted by molar-refractivity contribution is 4.99. The fourth-order valence-electron chi connectivity index (χ4n) is 1.05. The Balaban J connectivity index is 2.48. The van der Waals surface area contributed by atoms with E-state index in [0.717, 1.165) is 0 Å². The van der Waals surface area contributed by atoms with Gasteiger partial charge in [0.05, 0.1) is 13.2 Å². The van der Waals surface area contributed by atoms with E-state index >= 15 is 0 Å². The van der Waals surface area contributed by atoms with Gasteiger partial charge in [0.15, 0.2) is 5.79 Å². The Hall–Kier alpha value is -0.450. The first-order chi connectivity index (χ1) is 5.53. The normalized spacial score (nSPS) is 29.3. The van der Waals surface area contributed by atoms with Gasteiger partial charge in [0, 0.05) is 0 Å². The van der Waals surface area contributed by atoms with Crippen LogP contribution in [-0.2, 0) is 9.47 Å². The second-order valence-corrected chi connectivity index (χ2v) is 3.14. The van der Waals surface area contributed by atoms with Gasteiger partial charge >= 0.3 is 0 Å². The fraction of sp³-hybridized carbons (Fsp3) is 0.750. The van der Waals surface area contributed by atoms with E-state index in [1.807, 2.05) is 0 Å². The molecule has 1 atom stereocenters. The van der Waals surface area contributed by atoms with Crippen LogP contribution in [0.3, 0.4) is 0 Å². The molecule has 0 amide bonds. The summed E-state index contributed by atoms with van der Waals surface area (Å²) in [6.07, 6.45) is 0.849. The molecule has 1 fully saturated rings. The minimum atomic E-state index is -0.642. The third-order valence-corrected chi connectivity index (χ3v) is 1.55. The van der Waals surface area contributed by atoms with E-state index in [-0.39, 0.29) is 6.10 Å². The minimum Gasteiger partial charge on any atom is -0.389 e. The van der Waals surface area contributed by atoms with Gasteiger partial charge in [-0.2, -0.15) is 0 Å². The standard InChI is InChI=1S/C8H13FO3/c1-8(2)11-5-7(12-8)3-6(9)4-10/h3,7,10H,4-5H2,1-2H3/b6-3+. The molecular weight excluding hydrogens is 163 g/mol. The second-order valence-electron chi connectivity index (χ2n) is 3.14. The van der Waals surface area contributed by atoms with Gasteiger partial charge in [0.25, 0.3) is 0 Å². The molecule has 4 heteroatoms. The molecule has 0 aromatic carbocycles. The molecule has 1 heterocycles. The predicted octanol–water partition coefficient (Wildman–Crippen LogP) is 0.984. The number of hydrogen-bond acceptors (Lipinski definition) is 3. The molecule has 12 heavy (non-hydrogen) atoms. The molecule has 0 spiro atoms. The molecule has 1 aliphatic heterocycles. The molecule has 1 unspecified atom stereocenters. The first kappa shape index (κ1) is 9.64. The summed E-state index contributed by atoms with van der Waals surface area (Å²) in [5, 5.41) is 8.39. The molecule has 0 saturated carbocycles. The average molecular weight is 176 g/mol. The molecule has 0 bridgehead atoms. The van der Waals surface area contributed by atoms with Crippen molar-refractivity contribution in [3.63, 3.8) is 0 Å². The van der Waals surface area contributed by atoms with Crippen molar-refractivity contribution in [2.45, 2.75) is 25.7 Å². The van der Waals surface area contributed by atoms with Crippen molar-refractivity contribution in [2.24, 2.45) is 0 Å². The zero-order valence-electron chi connectivity index (χ0n) is 7.21. The van der Waals surface area contributed by atoms with Crippen molar-refractivity contribution in [2.75, 3.05) is 13.2 Å². The Morgan fingerprint density at radius 1 is 1.75 bits per heavy atom. The molecule has 1 aliphatic rings. The lowest BCUT2D eigenvalue weighted by Gasteiger charge is -2.15. The van der Waals surface area contributed by atoms with Gasteiger partial charge in [-0.3, -0.25) is 0 Å². The van der Waals surface area contributed by atoms with Gasteiger partial charge in [-0.15, -0.1) is 0 Å². The third kappa shape index (κ3) is 2.55. The predicted molar refractivity (Wildman–Crippen MR) is 41.2 cm³/mol. The van der Waals surface area contributed by atoms with Gasteiger partial charge in [0.1, 0.15) is 11.9 Å². The highest BCUT2D eigenvalue weighted by atomic mass is 19.1. The Bertz CT molecular complexity index is 189. The van der Waals surface area contributed by atoms with Crippen LogP contribution in [0.25, 0.3) is 0 Å². The van der Waals surface area contributed by atoms with Crippen molar-refractivity contribution in [1.29, 1.82) is 0 Å². The van der Waals surface area contributed by atoms with Crippen LogP contribution in [0.4, 0.5) is 4.39 Å². The van der Waals surface area contributed by atoms with E-state index in [9.17, 15) is 4.39 Å². The quantitative estimate of drug-likeness (QED) is 0.681. The van der Waals surface area contributed by atoms with Crippen molar-refractivity contribution < 1.29 is 19.0 Å².